The molecule has 0 radical (unpaired) electrons. The van der Waals surface area contributed by atoms with E-state index >= 15 is 0 Å². The molecule has 0 aromatic carbocycles. The molecule has 27 heavy (non-hydrogen) atoms. The molecule has 1 atom stereocenters. The van der Waals surface area contributed by atoms with E-state index in [2.05, 4.69) is 60.0 Å². The molecule has 1 saturated heterocycles. The van der Waals surface area contributed by atoms with Crippen LogP contribution in [0.3, 0.4) is 0 Å². The Hall–Kier alpha value is -2.96. The van der Waals surface area contributed by atoms with Gasteiger partial charge < -0.3 is 14.8 Å². The van der Waals surface area contributed by atoms with Crippen LogP contribution in [0.15, 0.2) is 49.2 Å². The van der Waals surface area contributed by atoms with Crippen molar-refractivity contribution in [2.45, 2.75) is 32.2 Å². The molecule has 1 N–H and O–H groups in total. The number of imidazole rings is 1. The zero-order valence-corrected chi connectivity index (χ0v) is 15.6. The maximum absolute atomic E-state index is 4.68. The summed E-state index contributed by atoms with van der Waals surface area (Å²) < 4.78 is 2.25. The number of rotatable bonds is 6. The highest BCUT2D eigenvalue weighted by Gasteiger charge is 2.26. The van der Waals surface area contributed by atoms with Crippen molar-refractivity contribution in [2.24, 2.45) is 0 Å². The van der Waals surface area contributed by atoms with Gasteiger partial charge in [0.25, 0.3) is 0 Å². The van der Waals surface area contributed by atoms with Gasteiger partial charge in [-0.05, 0) is 43.5 Å². The fourth-order valence-electron chi connectivity index (χ4n) is 3.65. The molecule has 0 saturated carbocycles. The van der Waals surface area contributed by atoms with E-state index in [4.69, 9.17) is 0 Å². The minimum atomic E-state index is 0.377. The van der Waals surface area contributed by atoms with Crippen molar-refractivity contribution in [3.8, 4) is 0 Å². The maximum Gasteiger partial charge on any atom is 0.227 e. The third-order valence-corrected chi connectivity index (χ3v) is 4.92. The number of nitrogens with zero attached hydrogens (tertiary/aromatic N) is 6. The third-order valence-electron chi connectivity index (χ3n) is 4.92. The summed E-state index contributed by atoms with van der Waals surface area (Å²) in [5.74, 6) is 3.19. The van der Waals surface area contributed by atoms with Crippen LogP contribution >= 0.6 is 0 Å². The van der Waals surface area contributed by atoms with Crippen molar-refractivity contribution in [3.05, 3.63) is 60.6 Å². The van der Waals surface area contributed by atoms with Crippen molar-refractivity contribution in [2.75, 3.05) is 29.9 Å². The van der Waals surface area contributed by atoms with E-state index in [1.54, 1.807) is 0 Å². The lowest BCUT2D eigenvalue weighted by atomic mass is 9.97. The first-order valence-electron chi connectivity index (χ1n) is 9.55. The molecule has 3 aromatic rings. The van der Waals surface area contributed by atoms with Gasteiger partial charge in [-0.1, -0.05) is 0 Å². The molecule has 1 fully saturated rings. The highest BCUT2D eigenvalue weighted by Crippen LogP contribution is 2.28. The summed E-state index contributed by atoms with van der Waals surface area (Å²) in [5.41, 5.74) is 1.23. The van der Waals surface area contributed by atoms with Crippen LogP contribution in [0.4, 0.5) is 11.8 Å². The largest absolute Gasteiger partial charge is 0.370 e. The molecular formula is C20H25N7. The second kappa shape index (κ2) is 8.16. The van der Waals surface area contributed by atoms with Gasteiger partial charge in [-0.15, -0.1) is 0 Å². The number of nitrogens with one attached hydrogen (secondary N) is 1. The Morgan fingerprint density at radius 3 is 2.85 bits per heavy atom. The predicted octanol–water partition coefficient (Wildman–Crippen LogP) is 2.93. The van der Waals surface area contributed by atoms with Crippen LogP contribution < -0.4 is 10.2 Å². The SMILES string of the molecule is CCNc1ccnc(N2CCC[C@H](c3nccn3Cc3ccncc3)C2)n1. The van der Waals surface area contributed by atoms with E-state index in [1.165, 1.54) is 5.56 Å². The molecule has 1 aliphatic heterocycles. The van der Waals surface area contributed by atoms with E-state index in [-0.39, 0.29) is 0 Å². The summed E-state index contributed by atoms with van der Waals surface area (Å²) >= 11 is 0. The fraction of sp³-hybridized carbons (Fsp3) is 0.400. The van der Waals surface area contributed by atoms with Crippen molar-refractivity contribution in [3.63, 3.8) is 0 Å². The molecule has 7 heteroatoms. The van der Waals surface area contributed by atoms with Gasteiger partial charge in [-0.25, -0.2) is 9.97 Å². The Kier molecular flexibility index (Phi) is 5.27. The number of piperidine rings is 1. The van der Waals surface area contributed by atoms with Crippen LogP contribution in [0.1, 0.15) is 37.1 Å². The number of hydrogen-bond acceptors (Lipinski definition) is 6. The lowest BCUT2D eigenvalue weighted by Crippen LogP contribution is -2.36. The standard InChI is InChI=1S/C20H25N7/c1-2-22-18-7-10-24-20(25-18)27-12-3-4-17(15-27)19-23-11-13-26(19)14-16-5-8-21-9-6-16/h5-11,13,17H,2-4,12,14-15H2,1H3,(H,22,24,25)/t17-/m0/s1. The normalized spacial score (nSPS) is 17.1. The van der Waals surface area contributed by atoms with Gasteiger partial charge >= 0.3 is 0 Å². The van der Waals surface area contributed by atoms with Crippen molar-refractivity contribution >= 4 is 11.8 Å². The van der Waals surface area contributed by atoms with Crippen LogP contribution in [0.2, 0.25) is 0 Å². The molecule has 0 amide bonds. The third kappa shape index (κ3) is 4.07. The minimum Gasteiger partial charge on any atom is -0.370 e. The van der Waals surface area contributed by atoms with Gasteiger partial charge in [0.15, 0.2) is 0 Å². The van der Waals surface area contributed by atoms with Crippen LogP contribution in [0.5, 0.6) is 0 Å². The van der Waals surface area contributed by atoms with Gasteiger partial charge in [-0.2, -0.15) is 4.98 Å². The maximum atomic E-state index is 4.68. The molecule has 4 heterocycles. The van der Waals surface area contributed by atoms with Crippen molar-refractivity contribution in [1.29, 1.82) is 0 Å². The second-order valence-electron chi connectivity index (χ2n) is 6.83. The molecule has 0 unspecified atom stereocenters. The molecule has 0 aliphatic carbocycles. The first-order chi connectivity index (χ1) is 13.3. The average Bonchev–Trinajstić information content (AvgIpc) is 3.17. The minimum absolute atomic E-state index is 0.377. The molecule has 4 rings (SSSR count). The Labute approximate surface area is 159 Å². The average molecular weight is 363 g/mol. The first-order valence-corrected chi connectivity index (χ1v) is 9.55. The van der Waals surface area contributed by atoms with Crippen molar-refractivity contribution < 1.29 is 0 Å². The number of pyridine rings is 1. The molecular weight excluding hydrogens is 338 g/mol. The molecule has 3 aromatic heterocycles. The van der Waals surface area contributed by atoms with Crippen molar-refractivity contribution in [1.82, 2.24) is 24.5 Å². The topological polar surface area (TPSA) is 71.8 Å². The summed E-state index contributed by atoms with van der Waals surface area (Å²) in [6.07, 6.45) is 11.7. The van der Waals surface area contributed by atoms with E-state index in [9.17, 15) is 0 Å². The van der Waals surface area contributed by atoms with Crippen LogP contribution in [0.25, 0.3) is 0 Å². The Balaban J connectivity index is 1.51. The van der Waals surface area contributed by atoms with Gasteiger partial charge in [0.1, 0.15) is 11.6 Å². The summed E-state index contributed by atoms with van der Waals surface area (Å²) in [6.45, 7) is 5.62. The molecule has 0 bridgehead atoms. The molecule has 0 spiro atoms. The second-order valence-corrected chi connectivity index (χ2v) is 6.83. The van der Waals surface area contributed by atoms with Crippen LogP contribution in [-0.2, 0) is 6.54 Å². The highest BCUT2D eigenvalue weighted by atomic mass is 15.3. The summed E-state index contributed by atoms with van der Waals surface area (Å²) in [5, 5.41) is 3.26. The van der Waals surface area contributed by atoms with E-state index < -0.39 is 0 Å². The molecule has 7 nitrogen and oxygen atoms in total. The van der Waals surface area contributed by atoms with Crippen LogP contribution in [0, 0.1) is 0 Å². The molecule has 140 valence electrons. The van der Waals surface area contributed by atoms with Gasteiger partial charge in [-0.3, -0.25) is 4.98 Å². The van der Waals surface area contributed by atoms with Gasteiger partial charge in [0.2, 0.25) is 5.95 Å². The van der Waals surface area contributed by atoms with Gasteiger partial charge in [0, 0.05) is 63.1 Å². The lowest BCUT2D eigenvalue weighted by Gasteiger charge is -2.32. The Bertz CT molecular complexity index is 862. The monoisotopic (exact) mass is 363 g/mol. The smallest absolute Gasteiger partial charge is 0.227 e. The number of hydrogen-bond donors (Lipinski definition) is 1. The lowest BCUT2D eigenvalue weighted by molar-refractivity contribution is 0.471. The Morgan fingerprint density at radius 1 is 1.11 bits per heavy atom. The van der Waals surface area contributed by atoms with Crippen LogP contribution in [-0.4, -0.2) is 44.1 Å². The summed E-state index contributed by atoms with van der Waals surface area (Å²) in [6, 6.07) is 6.02. The highest BCUT2D eigenvalue weighted by molar-refractivity contribution is 5.41. The summed E-state index contributed by atoms with van der Waals surface area (Å²) in [4.78, 5) is 20.2. The predicted molar refractivity (Wildman–Crippen MR) is 106 cm³/mol. The summed E-state index contributed by atoms with van der Waals surface area (Å²) in [7, 11) is 0. The quantitative estimate of drug-likeness (QED) is 0.726. The fourth-order valence-corrected chi connectivity index (χ4v) is 3.65. The Morgan fingerprint density at radius 2 is 2.00 bits per heavy atom. The zero-order chi connectivity index (χ0) is 18.5. The van der Waals surface area contributed by atoms with E-state index in [0.717, 1.165) is 56.6 Å². The number of aromatic nitrogens is 5. The van der Waals surface area contributed by atoms with E-state index in [0.29, 0.717) is 5.92 Å². The number of anilines is 2. The van der Waals surface area contributed by atoms with Gasteiger partial charge in [0.05, 0.1) is 0 Å². The molecule has 1 aliphatic rings. The van der Waals surface area contributed by atoms with E-state index in [1.807, 2.05) is 30.9 Å². The zero-order valence-electron chi connectivity index (χ0n) is 15.6. The first kappa shape index (κ1) is 17.5.